The molecule has 3 aliphatic rings. The highest BCUT2D eigenvalue weighted by atomic mass is 32.2. The Hall–Kier alpha value is -2.69. The Balaban J connectivity index is 1.46. The van der Waals surface area contributed by atoms with Crippen molar-refractivity contribution < 1.29 is 23.2 Å². The van der Waals surface area contributed by atoms with Gasteiger partial charge in [-0.15, -0.1) is 0 Å². The van der Waals surface area contributed by atoms with Crippen LogP contribution in [-0.4, -0.2) is 73.0 Å². The van der Waals surface area contributed by atoms with Crippen LogP contribution in [0.25, 0.3) is 0 Å². The first-order valence-corrected chi connectivity index (χ1v) is 13.8. The third kappa shape index (κ3) is 4.81. The molecule has 9 nitrogen and oxygen atoms in total. The number of pyridine rings is 1. The van der Waals surface area contributed by atoms with Crippen molar-refractivity contribution in [3.05, 3.63) is 30.3 Å². The van der Waals surface area contributed by atoms with Gasteiger partial charge in [0.1, 0.15) is 17.6 Å². The number of likely N-dealkylation sites (N-methyl/N-ethyl adjacent to an activating group) is 1. The smallest absolute Gasteiger partial charge is 0.249 e. The van der Waals surface area contributed by atoms with E-state index in [9.17, 15) is 9.00 Å². The molecular formula is C26H34N4O5S. The van der Waals surface area contributed by atoms with Gasteiger partial charge in [-0.05, 0) is 62.9 Å². The number of ether oxygens (including phenoxy) is 3. The van der Waals surface area contributed by atoms with Crippen LogP contribution in [0.5, 0.6) is 5.75 Å². The first-order chi connectivity index (χ1) is 17.5. The quantitative estimate of drug-likeness (QED) is 0.627. The average molecular weight is 515 g/mol. The number of anilines is 4. The van der Waals surface area contributed by atoms with Crippen LogP contribution in [0.1, 0.15) is 32.6 Å². The maximum absolute atomic E-state index is 13.2. The van der Waals surface area contributed by atoms with Crippen LogP contribution in [0.15, 0.2) is 35.2 Å². The average Bonchev–Trinajstić information content (AvgIpc) is 2.92. The second kappa shape index (κ2) is 10.7. The summed E-state index contributed by atoms with van der Waals surface area (Å²) >= 11 is 0. The highest BCUT2D eigenvalue weighted by Crippen LogP contribution is 2.39. The van der Waals surface area contributed by atoms with Crippen LogP contribution in [0.2, 0.25) is 0 Å². The van der Waals surface area contributed by atoms with Crippen molar-refractivity contribution in [2.75, 3.05) is 55.7 Å². The number of hydrogen-bond donors (Lipinski definition) is 1. The van der Waals surface area contributed by atoms with Gasteiger partial charge >= 0.3 is 0 Å². The molecule has 36 heavy (non-hydrogen) atoms. The third-order valence-electron chi connectivity index (χ3n) is 7.29. The molecule has 10 heteroatoms. The molecule has 2 fully saturated rings. The zero-order valence-corrected chi connectivity index (χ0v) is 21.9. The second-order valence-corrected chi connectivity index (χ2v) is 11.2. The molecule has 1 aromatic heterocycles. The summed E-state index contributed by atoms with van der Waals surface area (Å²) in [6.45, 7) is 4.60. The van der Waals surface area contributed by atoms with E-state index >= 15 is 0 Å². The number of carbonyl (C=O) groups is 1. The summed E-state index contributed by atoms with van der Waals surface area (Å²) in [6.07, 6.45) is 3.29. The minimum absolute atomic E-state index is 0.0569. The number of nitrogens with one attached hydrogen (secondary N) is 1. The van der Waals surface area contributed by atoms with E-state index in [1.165, 1.54) is 0 Å². The summed E-state index contributed by atoms with van der Waals surface area (Å²) in [4.78, 5) is 22.6. The SMILES string of the molecule is COc1ccc(S(=O)C2CCOCC2)cc1Nc1ccc2c(n1)N(C1CCOCC1)C(C)C(=O)N2C. The van der Waals surface area contributed by atoms with Crippen molar-refractivity contribution >= 4 is 39.7 Å². The van der Waals surface area contributed by atoms with E-state index in [4.69, 9.17) is 19.2 Å². The van der Waals surface area contributed by atoms with Gasteiger partial charge in [0.05, 0.1) is 29.3 Å². The lowest BCUT2D eigenvalue weighted by Gasteiger charge is -2.44. The second-order valence-electron chi connectivity index (χ2n) is 9.46. The van der Waals surface area contributed by atoms with Crippen molar-refractivity contribution in [1.29, 1.82) is 0 Å². The summed E-state index contributed by atoms with van der Waals surface area (Å²) in [5.41, 5.74) is 1.49. The first-order valence-electron chi connectivity index (χ1n) is 12.6. The molecule has 2 aromatic rings. The number of methoxy groups -OCH3 is 1. The monoisotopic (exact) mass is 514 g/mol. The molecular weight excluding hydrogens is 480 g/mol. The maximum atomic E-state index is 13.2. The Morgan fingerprint density at radius 1 is 1.06 bits per heavy atom. The lowest BCUT2D eigenvalue weighted by molar-refractivity contribution is -0.119. The van der Waals surface area contributed by atoms with Gasteiger partial charge in [0.15, 0.2) is 5.82 Å². The van der Waals surface area contributed by atoms with Gasteiger partial charge in [0.25, 0.3) is 0 Å². The molecule has 3 aliphatic heterocycles. The molecule has 1 aromatic carbocycles. The van der Waals surface area contributed by atoms with Gasteiger partial charge in [-0.3, -0.25) is 9.00 Å². The van der Waals surface area contributed by atoms with Crippen molar-refractivity contribution in [2.24, 2.45) is 0 Å². The molecule has 194 valence electrons. The van der Waals surface area contributed by atoms with Crippen LogP contribution in [0, 0.1) is 0 Å². The molecule has 0 aliphatic carbocycles. The van der Waals surface area contributed by atoms with Gasteiger partial charge in [-0.25, -0.2) is 4.98 Å². The molecule has 0 bridgehead atoms. The number of carbonyl (C=O) groups excluding carboxylic acids is 1. The topological polar surface area (TPSA) is 93.2 Å². The van der Waals surface area contributed by atoms with Crippen LogP contribution < -0.4 is 19.9 Å². The van der Waals surface area contributed by atoms with E-state index in [1.807, 2.05) is 37.3 Å². The van der Waals surface area contributed by atoms with Crippen LogP contribution >= 0.6 is 0 Å². The molecule has 2 atom stereocenters. The largest absolute Gasteiger partial charge is 0.495 e. The fourth-order valence-corrected chi connectivity index (χ4v) is 6.69. The van der Waals surface area contributed by atoms with Crippen molar-refractivity contribution in [2.45, 2.75) is 54.8 Å². The van der Waals surface area contributed by atoms with Crippen molar-refractivity contribution in [3.8, 4) is 5.75 Å². The Morgan fingerprint density at radius 3 is 2.44 bits per heavy atom. The van der Waals surface area contributed by atoms with Gasteiger partial charge in [-0.2, -0.15) is 0 Å². The van der Waals surface area contributed by atoms with E-state index in [2.05, 4.69) is 10.2 Å². The summed E-state index contributed by atoms with van der Waals surface area (Å²) in [7, 11) is 2.28. The Morgan fingerprint density at radius 2 is 1.75 bits per heavy atom. The van der Waals surface area contributed by atoms with Gasteiger partial charge in [-0.1, -0.05) is 0 Å². The Labute approximate surface area is 214 Å². The Kier molecular flexibility index (Phi) is 7.45. The zero-order valence-electron chi connectivity index (χ0n) is 21.1. The van der Waals surface area contributed by atoms with Crippen LogP contribution in [-0.2, 0) is 25.1 Å². The molecule has 0 spiro atoms. The number of nitrogens with zero attached hydrogens (tertiary/aromatic N) is 3. The number of rotatable bonds is 6. The number of fused-ring (bicyclic) bond motifs is 1. The number of aromatic nitrogens is 1. The van der Waals surface area contributed by atoms with Gasteiger partial charge in [0, 0.05) is 49.7 Å². The van der Waals surface area contributed by atoms with E-state index in [1.54, 1.807) is 19.1 Å². The summed E-state index contributed by atoms with van der Waals surface area (Å²) in [5.74, 6) is 2.11. The molecule has 4 heterocycles. The zero-order chi connectivity index (χ0) is 25.2. The summed E-state index contributed by atoms with van der Waals surface area (Å²) < 4.78 is 29.8. The Bertz CT molecular complexity index is 1130. The molecule has 2 saturated heterocycles. The minimum Gasteiger partial charge on any atom is -0.495 e. The van der Waals surface area contributed by atoms with Crippen molar-refractivity contribution in [3.63, 3.8) is 0 Å². The maximum Gasteiger partial charge on any atom is 0.249 e. The number of hydrogen-bond acceptors (Lipinski definition) is 8. The highest BCUT2D eigenvalue weighted by molar-refractivity contribution is 7.85. The normalized spacial score (nSPS) is 22.3. The predicted octanol–water partition coefficient (Wildman–Crippen LogP) is 3.47. The van der Waals surface area contributed by atoms with Crippen molar-refractivity contribution in [1.82, 2.24) is 4.98 Å². The van der Waals surface area contributed by atoms with E-state index in [0.29, 0.717) is 43.7 Å². The fraction of sp³-hybridized carbons (Fsp3) is 0.538. The number of amides is 1. The van der Waals surface area contributed by atoms with E-state index in [0.717, 1.165) is 42.1 Å². The third-order valence-corrected chi connectivity index (χ3v) is 9.08. The van der Waals surface area contributed by atoms with E-state index in [-0.39, 0.29) is 23.2 Å². The predicted molar refractivity (Wildman–Crippen MR) is 140 cm³/mol. The molecule has 1 amide bonds. The van der Waals surface area contributed by atoms with Crippen LogP contribution in [0.3, 0.4) is 0 Å². The lowest BCUT2D eigenvalue weighted by Crippen LogP contribution is -2.56. The van der Waals surface area contributed by atoms with Gasteiger partial charge < -0.3 is 29.3 Å². The fourth-order valence-electron chi connectivity index (χ4n) is 5.25. The molecule has 0 radical (unpaired) electrons. The molecule has 0 saturated carbocycles. The molecule has 2 unspecified atom stereocenters. The summed E-state index contributed by atoms with van der Waals surface area (Å²) in [6, 6.07) is 9.27. The van der Waals surface area contributed by atoms with Gasteiger partial charge in [0.2, 0.25) is 5.91 Å². The van der Waals surface area contributed by atoms with E-state index < -0.39 is 10.8 Å². The van der Waals surface area contributed by atoms with Crippen LogP contribution in [0.4, 0.5) is 23.0 Å². The standard InChI is InChI=1S/C26H34N4O5S/c1-17-26(31)29(2)22-5-7-24(28-25(22)30(17)18-8-12-34-13-9-18)27-21-16-20(4-6-23(21)33-3)36(32)19-10-14-35-15-11-19/h4-7,16-19H,8-15H2,1-3H3,(H,27,28). The number of benzene rings is 1. The first kappa shape index (κ1) is 25.0. The molecule has 1 N–H and O–H groups in total. The minimum atomic E-state index is -1.13. The molecule has 5 rings (SSSR count). The lowest BCUT2D eigenvalue weighted by atomic mass is 10.0. The highest BCUT2D eigenvalue weighted by Gasteiger charge is 2.39. The summed E-state index contributed by atoms with van der Waals surface area (Å²) in [5, 5.41) is 3.47.